The van der Waals surface area contributed by atoms with Gasteiger partial charge in [-0.15, -0.1) is 0 Å². The number of hydrogen-bond acceptors (Lipinski definition) is 1. The minimum absolute atomic E-state index is 0.171. The van der Waals surface area contributed by atoms with Gasteiger partial charge in [0.1, 0.15) is 5.82 Å². The van der Waals surface area contributed by atoms with E-state index in [1.807, 2.05) is 45.0 Å². The van der Waals surface area contributed by atoms with Crippen LogP contribution in [0.1, 0.15) is 23.6 Å². The molecule has 0 spiro atoms. The molecule has 2 rings (SSSR count). The first-order chi connectivity index (χ1) is 9.52. The summed E-state index contributed by atoms with van der Waals surface area (Å²) >= 11 is 6.10. The zero-order valence-corrected chi connectivity index (χ0v) is 12.8. The number of aryl methyl sites for hydroxylation is 2. The van der Waals surface area contributed by atoms with Crippen LogP contribution in [0.3, 0.4) is 0 Å². The van der Waals surface area contributed by atoms with Gasteiger partial charge in [-0.25, -0.2) is 4.39 Å². The Bertz CT molecular complexity index is 623. The minimum Gasteiger partial charge on any atom is -0.313 e. The quantitative estimate of drug-likeness (QED) is 0.847. The Hall–Kier alpha value is -1.38. The number of nitrogens with one attached hydrogen (secondary N) is 1. The van der Waals surface area contributed by atoms with Crippen LogP contribution in [-0.2, 0) is 6.54 Å². The predicted molar refractivity (Wildman–Crippen MR) is 83.7 cm³/mol. The summed E-state index contributed by atoms with van der Waals surface area (Å²) in [5.74, 6) is -0.171. The van der Waals surface area contributed by atoms with Crippen LogP contribution in [0.25, 0.3) is 11.1 Å². The lowest BCUT2D eigenvalue weighted by atomic mass is 9.97. The van der Waals surface area contributed by atoms with Gasteiger partial charge in [0.25, 0.3) is 0 Å². The van der Waals surface area contributed by atoms with Crippen LogP contribution in [0.4, 0.5) is 4.39 Å². The maximum absolute atomic E-state index is 14.1. The van der Waals surface area contributed by atoms with Crippen molar-refractivity contribution in [3.8, 4) is 11.1 Å². The summed E-state index contributed by atoms with van der Waals surface area (Å²) in [7, 11) is 0. The zero-order valence-electron chi connectivity index (χ0n) is 12.1. The van der Waals surface area contributed by atoms with Gasteiger partial charge in [0, 0.05) is 17.1 Å². The molecule has 0 radical (unpaired) electrons. The lowest BCUT2D eigenvalue weighted by Crippen LogP contribution is -2.12. The zero-order chi connectivity index (χ0) is 14.7. The third-order valence-corrected chi connectivity index (χ3v) is 3.84. The molecule has 20 heavy (non-hydrogen) atoms. The highest BCUT2D eigenvalue weighted by molar-refractivity contribution is 6.31. The molecule has 106 valence electrons. The van der Waals surface area contributed by atoms with Crippen LogP contribution in [0.15, 0.2) is 30.3 Å². The molecular weight excluding hydrogens is 273 g/mol. The monoisotopic (exact) mass is 291 g/mol. The molecule has 0 unspecified atom stereocenters. The molecule has 0 fully saturated rings. The Balaban J connectivity index is 2.39. The SMILES string of the molecule is CCNCc1ccc(-c2cc(C)c(Cl)cc2C)cc1F. The van der Waals surface area contributed by atoms with Crippen LogP contribution in [-0.4, -0.2) is 6.54 Å². The van der Waals surface area contributed by atoms with Crippen molar-refractivity contribution in [2.75, 3.05) is 6.54 Å². The molecule has 0 saturated heterocycles. The van der Waals surface area contributed by atoms with Crippen LogP contribution < -0.4 is 5.32 Å². The summed E-state index contributed by atoms with van der Waals surface area (Å²) in [6.07, 6.45) is 0. The number of halogens is 2. The van der Waals surface area contributed by atoms with Crippen molar-refractivity contribution < 1.29 is 4.39 Å². The molecule has 2 aromatic rings. The van der Waals surface area contributed by atoms with Gasteiger partial charge < -0.3 is 5.32 Å². The van der Waals surface area contributed by atoms with E-state index in [1.54, 1.807) is 6.07 Å². The highest BCUT2D eigenvalue weighted by atomic mass is 35.5. The lowest BCUT2D eigenvalue weighted by Gasteiger charge is -2.11. The summed E-state index contributed by atoms with van der Waals surface area (Å²) in [4.78, 5) is 0. The highest BCUT2D eigenvalue weighted by Crippen LogP contribution is 2.29. The Morgan fingerprint density at radius 2 is 1.85 bits per heavy atom. The van der Waals surface area contributed by atoms with E-state index in [-0.39, 0.29) is 5.82 Å². The fraction of sp³-hybridized carbons (Fsp3) is 0.294. The summed E-state index contributed by atoms with van der Waals surface area (Å²) in [5.41, 5.74) is 4.67. The molecule has 0 heterocycles. The maximum Gasteiger partial charge on any atom is 0.128 e. The first-order valence-electron chi connectivity index (χ1n) is 6.79. The van der Waals surface area contributed by atoms with E-state index in [1.165, 1.54) is 0 Å². The van der Waals surface area contributed by atoms with E-state index in [0.29, 0.717) is 12.1 Å². The lowest BCUT2D eigenvalue weighted by molar-refractivity contribution is 0.594. The fourth-order valence-electron chi connectivity index (χ4n) is 2.21. The second kappa shape index (κ2) is 6.38. The first-order valence-corrected chi connectivity index (χ1v) is 7.17. The van der Waals surface area contributed by atoms with Gasteiger partial charge in [-0.05, 0) is 60.8 Å². The highest BCUT2D eigenvalue weighted by Gasteiger charge is 2.09. The molecule has 1 N–H and O–H groups in total. The number of rotatable bonds is 4. The minimum atomic E-state index is -0.171. The average molecular weight is 292 g/mol. The van der Waals surface area contributed by atoms with Crippen LogP contribution >= 0.6 is 11.6 Å². The normalized spacial score (nSPS) is 10.8. The molecule has 0 aliphatic carbocycles. The van der Waals surface area contributed by atoms with Crippen molar-refractivity contribution in [3.63, 3.8) is 0 Å². The van der Waals surface area contributed by atoms with Crippen molar-refractivity contribution >= 4 is 11.6 Å². The van der Waals surface area contributed by atoms with Crippen molar-refractivity contribution in [1.29, 1.82) is 0 Å². The van der Waals surface area contributed by atoms with Gasteiger partial charge in [0.2, 0.25) is 0 Å². The van der Waals surface area contributed by atoms with Gasteiger partial charge in [-0.3, -0.25) is 0 Å². The molecule has 0 aliphatic rings. The van der Waals surface area contributed by atoms with Gasteiger partial charge in [-0.1, -0.05) is 30.7 Å². The Kier molecular flexibility index (Phi) is 4.79. The molecule has 3 heteroatoms. The van der Waals surface area contributed by atoms with E-state index in [9.17, 15) is 4.39 Å². The Morgan fingerprint density at radius 3 is 2.50 bits per heavy atom. The van der Waals surface area contributed by atoms with Gasteiger partial charge in [0.05, 0.1) is 0 Å². The Labute approximate surface area is 124 Å². The molecule has 0 aliphatic heterocycles. The van der Waals surface area contributed by atoms with Gasteiger partial charge in [-0.2, -0.15) is 0 Å². The number of benzene rings is 2. The van der Waals surface area contributed by atoms with E-state index in [2.05, 4.69) is 5.32 Å². The second-order valence-electron chi connectivity index (χ2n) is 5.00. The molecule has 1 nitrogen and oxygen atoms in total. The smallest absolute Gasteiger partial charge is 0.128 e. The average Bonchev–Trinajstić information content (AvgIpc) is 2.41. The molecule has 0 amide bonds. The van der Waals surface area contributed by atoms with Crippen LogP contribution in [0, 0.1) is 19.7 Å². The third-order valence-electron chi connectivity index (χ3n) is 3.44. The van der Waals surface area contributed by atoms with E-state index >= 15 is 0 Å². The molecule has 2 aromatic carbocycles. The van der Waals surface area contributed by atoms with Gasteiger partial charge >= 0.3 is 0 Å². The van der Waals surface area contributed by atoms with E-state index in [4.69, 9.17) is 11.6 Å². The number of hydrogen-bond donors (Lipinski definition) is 1. The summed E-state index contributed by atoms with van der Waals surface area (Å²) < 4.78 is 14.1. The van der Waals surface area contributed by atoms with Crippen LogP contribution in [0.5, 0.6) is 0 Å². The molecule has 0 saturated carbocycles. The summed E-state index contributed by atoms with van der Waals surface area (Å²) in [5, 5.41) is 3.88. The van der Waals surface area contributed by atoms with E-state index in [0.717, 1.165) is 33.8 Å². The predicted octanol–water partition coefficient (Wildman–Crippen LogP) is 4.87. The molecular formula is C17H19ClFN. The van der Waals surface area contributed by atoms with Gasteiger partial charge in [0.15, 0.2) is 0 Å². The Morgan fingerprint density at radius 1 is 1.10 bits per heavy atom. The summed E-state index contributed by atoms with van der Waals surface area (Å²) in [6.45, 7) is 7.34. The molecule has 0 aromatic heterocycles. The van der Waals surface area contributed by atoms with E-state index < -0.39 is 0 Å². The maximum atomic E-state index is 14.1. The second-order valence-corrected chi connectivity index (χ2v) is 5.41. The van der Waals surface area contributed by atoms with Crippen molar-refractivity contribution in [2.45, 2.75) is 27.3 Å². The van der Waals surface area contributed by atoms with Crippen molar-refractivity contribution in [1.82, 2.24) is 5.32 Å². The summed E-state index contributed by atoms with van der Waals surface area (Å²) in [6, 6.07) is 9.34. The van der Waals surface area contributed by atoms with Crippen LogP contribution in [0.2, 0.25) is 5.02 Å². The third kappa shape index (κ3) is 3.20. The van der Waals surface area contributed by atoms with Crippen molar-refractivity contribution in [2.24, 2.45) is 0 Å². The standard InChI is InChI=1S/C17H19ClFN/c1-4-20-10-14-6-5-13(9-17(14)19)15-7-12(3)16(18)8-11(15)2/h5-9,20H,4,10H2,1-3H3. The largest absolute Gasteiger partial charge is 0.313 e. The molecule has 0 atom stereocenters. The topological polar surface area (TPSA) is 12.0 Å². The fourth-order valence-corrected chi connectivity index (χ4v) is 2.43. The molecule has 0 bridgehead atoms. The van der Waals surface area contributed by atoms with Crippen molar-refractivity contribution in [3.05, 3.63) is 57.9 Å². The first kappa shape index (κ1) is 15.0.